The minimum atomic E-state index is -2.09. The first-order valence-electron chi connectivity index (χ1n) is 29.1. The highest BCUT2D eigenvalue weighted by atomic mass is 127. The molecular formula is C60H82IN3O23S3. The minimum absolute atomic E-state index is 0.0134. The molecule has 1 aromatic carbocycles. The third-order valence-corrected chi connectivity index (χ3v) is 21.3. The van der Waals surface area contributed by atoms with Gasteiger partial charge in [-0.1, -0.05) is 83.9 Å². The van der Waals surface area contributed by atoms with E-state index < -0.39 is 145 Å². The Morgan fingerprint density at radius 2 is 1.58 bits per heavy atom. The molecule has 0 spiro atoms. The van der Waals surface area contributed by atoms with E-state index >= 15 is 0 Å². The number of alkyl carbamates (subject to hydrolysis) is 1. The molecule has 0 unspecified atom stereocenters. The van der Waals surface area contributed by atoms with Gasteiger partial charge in [-0.05, 0) is 74.5 Å². The molecule has 7 rings (SSSR count). The van der Waals surface area contributed by atoms with Crippen molar-refractivity contribution in [2.45, 2.75) is 188 Å². The van der Waals surface area contributed by atoms with Crippen molar-refractivity contribution in [2.75, 3.05) is 68.1 Å². The molecule has 0 aromatic heterocycles. The fourth-order valence-corrected chi connectivity index (χ4v) is 14.8. The molecule has 4 saturated heterocycles. The van der Waals surface area contributed by atoms with Crippen molar-refractivity contribution in [1.29, 1.82) is 0 Å². The largest absolute Gasteiger partial charge is 0.492 e. The highest BCUT2D eigenvalue weighted by Crippen LogP contribution is 2.49. The van der Waals surface area contributed by atoms with Crippen LogP contribution in [0.5, 0.6) is 17.2 Å². The van der Waals surface area contributed by atoms with Gasteiger partial charge in [0.1, 0.15) is 36.6 Å². The molecule has 1 aromatic rings. The van der Waals surface area contributed by atoms with Gasteiger partial charge < -0.3 is 87.1 Å². The third-order valence-electron chi connectivity index (χ3n) is 15.8. The van der Waals surface area contributed by atoms with Gasteiger partial charge in [-0.3, -0.25) is 29.4 Å². The summed E-state index contributed by atoms with van der Waals surface area (Å²) in [6, 6.07) is -1.57. The second-order valence-corrected chi connectivity index (χ2v) is 27.2. The van der Waals surface area contributed by atoms with Gasteiger partial charge in [-0.2, -0.15) is 5.48 Å². The molecule has 4 aliphatic heterocycles. The summed E-state index contributed by atoms with van der Waals surface area (Å²) in [7, 11) is 11.1. The van der Waals surface area contributed by atoms with E-state index in [2.05, 4.69) is 34.5 Å². The fourth-order valence-electron chi connectivity index (χ4n) is 11.2. The number of hydrogen-bond acceptors (Lipinski definition) is 28. The second-order valence-electron chi connectivity index (χ2n) is 22.0. The highest BCUT2D eigenvalue weighted by molar-refractivity contribution is 14.1. The minimum Gasteiger partial charge on any atom is -0.492 e. The molecule has 90 heavy (non-hydrogen) atoms. The fraction of sp³-hybridized carbons (Fsp3) is 0.667. The number of rotatable bonds is 24. The lowest BCUT2D eigenvalue weighted by Gasteiger charge is -2.47. The number of fused-ring (bicyclic) bond motifs is 2. The van der Waals surface area contributed by atoms with Gasteiger partial charge in [0.15, 0.2) is 41.8 Å². The predicted octanol–water partition coefficient (Wildman–Crippen LogP) is 3.21. The Hall–Kier alpha value is -3.82. The number of benzene rings is 1. The number of carbonyl (C=O) groups excluding carboxylic acids is 4. The van der Waals surface area contributed by atoms with Crippen molar-refractivity contribution in [1.82, 2.24) is 15.7 Å². The number of hydrogen-bond donors (Lipinski definition) is 7. The van der Waals surface area contributed by atoms with Crippen LogP contribution in [0.2, 0.25) is 0 Å². The van der Waals surface area contributed by atoms with E-state index in [0.717, 1.165) is 18.9 Å². The molecule has 7 N–H and O–H groups in total. The maximum Gasteiger partial charge on any atom is 0.411 e. The smallest absolute Gasteiger partial charge is 0.411 e. The van der Waals surface area contributed by atoms with Crippen LogP contribution < -0.4 is 25.0 Å². The zero-order chi connectivity index (χ0) is 65.9. The lowest BCUT2D eigenvalue weighted by molar-refractivity contribution is -0.337. The van der Waals surface area contributed by atoms with E-state index in [9.17, 15) is 44.7 Å². The summed E-state index contributed by atoms with van der Waals surface area (Å²) in [4.78, 5) is 62.2. The summed E-state index contributed by atoms with van der Waals surface area (Å²) >= 11 is 2.80. The molecule has 2 bridgehead atoms. The van der Waals surface area contributed by atoms with Crippen molar-refractivity contribution < 1.29 is 111 Å². The number of ketones is 1. The van der Waals surface area contributed by atoms with Crippen LogP contribution in [-0.4, -0.2) is 242 Å². The van der Waals surface area contributed by atoms with Crippen molar-refractivity contribution in [3.63, 3.8) is 0 Å². The van der Waals surface area contributed by atoms with E-state index in [-0.39, 0.29) is 70.9 Å². The zero-order valence-corrected chi connectivity index (χ0v) is 56.9. The van der Waals surface area contributed by atoms with Crippen LogP contribution in [0.1, 0.15) is 76.7 Å². The summed E-state index contributed by atoms with van der Waals surface area (Å²) in [5.41, 5.74) is 1.15. The summed E-state index contributed by atoms with van der Waals surface area (Å²) in [5.74, 6) is 10.8. The summed E-state index contributed by atoms with van der Waals surface area (Å²) in [6.07, 6.45) is -14.8. The predicted molar refractivity (Wildman–Crippen MR) is 337 cm³/mol. The van der Waals surface area contributed by atoms with Crippen LogP contribution in [-0.2, 0) is 61.8 Å². The average molecular weight is 1440 g/mol. The maximum atomic E-state index is 14.5. The molecule has 26 nitrogen and oxygen atoms in total. The Kier molecular flexibility index (Phi) is 27.4. The van der Waals surface area contributed by atoms with E-state index in [1.807, 2.05) is 48.3 Å². The number of aliphatic hydroxyl groups is 5. The molecule has 500 valence electrons. The van der Waals surface area contributed by atoms with E-state index in [1.54, 1.807) is 44.6 Å². The molecule has 6 aliphatic rings. The second kappa shape index (κ2) is 33.5. The SMILES string of the molecule is CCN(CC(=O)OC)[C@H]1CO[C@@H](O[C@H]2[C@H](O[C@H]3C#C/C=C\C#C[C@]4(O)CC(=O)C(NC(=O)OC)=C3/C4=C\CSSC(C)C)O[C@H](C)[C@@H](NO[C@H]3C[C@H](O)[C@H](SC(=O)c4c(C)c(I)c(O[C@@H]5O[C@@H](C)[C@H](O)[C@@H](OC)[C@H]5O)c(OC)c4OC)[C@@H](C)O3)[C@@H]2O)C[C@@H]1OC. The summed E-state index contributed by atoms with van der Waals surface area (Å²) in [6.45, 7) is 12.9. The van der Waals surface area contributed by atoms with Gasteiger partial charge in [0.2, 0.25) is 17.2 Å². The van der Waals surface area contributed by atoms with Crippen LogP contribution in [0, 0.1) is 34.2 Å². The third kappa shape index (κ3) is 17.2. The number of aliphatic hydroxyl groups excluding tert-OH is 4. The molecule has 1 amide bonds. The Labute approximate surface area is 549 Å². The number of halogens is 1. The number of allylic oxidation sites excluding steroid dienone is 3. The van der Waals surface area contributed by atoms with Crippen LogP contribution in [0.15, 0.2) is 35.1 Å². The molecule has 0 saturated carbocycles. The first kappa shape index (κ1) is 73.6. The van der Waals surface area contributed by atoms with Crippen molar-refractivity contribution in [2.24, 2.45) is 0 Å². The monoisotopic (exact) mass is 1440 g/mol. The first-order chi connectivity index (χ1) is 42.9. The Bertz CT molecular complexity index is 2920. The van der Waals surface area contributed by atoms with Gasteiger partial charge in [0.25, 0.3) is 0 Å². The van der Waals surface area contributed by atoms with E-state index in [4.69, 9.17) is 66.4 Å². The number of methoxy groups -OCH3 is 6. The lowest BCUT2D eigenvalue weighted by atomic mass is 9.75. The number of nitrogens with zero attached hydrogens (tertiary/aromatic N) is 1. The van der Waals surface area contributed by atoms with Crippen LogP contribution >= 0.6 is 55.9 Å². The Morgan fingerprint density at radius 3 is 2.22 bits per heavy atom. The highest BCUT2D eigenvalue weighted by Gasteiger charge is 2.52. The standard InChI is InChI=1S/C60H82IN3O23S3/c1-14-64(26-39(67)75-9)34-27-80-40(24-38(34)74-8)85-53-48(69)45(30(5)82-58(53)84-37-19-17-15-16-18-21-60(73)25-36(66)46(62-59(72)79-13)43(37)33(60)20-22-88-90-28(2)3)63-87-41-23-35(65)55(32(7)81-41)89-56(71)42-29(4)44(61)51(54(78-12)50(42)76-10)86-57-49(70)52(77-11)47(68)31(6)83-57/h15-16,20,28,30-32,34-35,37-38,40-41,45,47-49,52-53,55,57-58,63,65,68-70,73H,14,22-27H2,1-13H3,(H,62,72)/b16-15-,33-20+/t30-,31+,32-,34+,35+,37+,38+,40+,41+,45-,47+,48+,49-,52-,53-,55-,57+,58+,60+/m1/s1. The summed E-state index contributed by atoms with van der Waals surface area (Å²) in [5, 5.41) is 59.9. The number of thioether (sulfide) groups is 1. The zero-order valence-electron chi connectivity index (χ0n) is 52.3. The number of carbonyl (C=O) groups is 4. The van der Waals surface area contributed by atoms with E-state index in [1.165, 1.54) is 58.5 Å². The van der Waals surface area contributed by atoms with Gasteiger partial charge >= 0.3 is 12.1 Å². The summed E-state index contributed by atoms with van der Waals surface area (Å²) < 4.78 is 77.9. The quantitative estimate of drug-likeness (QED) is 0.0195. The Morgan fingerprint density at radius 1 is 0.867 bits per heavy atom. The number of Topliss-reactive ketones (excluding diaryl/α,β-unsaturated/α-hetero) is 1. The van der Waals surface area contributed by atoms with Gasteiger partial charge in [-0.25, -0.2) is 4.79 Å². The van der Waals surface area contributed by atoms with Crippen molar-refractivity contribution in [3.05, 3.63) is 49.8 Å². The van der Waals surface area contributed by atoms with Crippen LogP contribution in [0.4, 0.5) is 4.79 Å². The number of hydroxylamine groups is 1. The lowest BCUT2D eigenvalue weighted by Crippen LogP contribution is -2.65. The number of esters is 1. The molecule has 0 radical (unpaired) electrons. The van der Waals surface area contributed by atoms with Crippen molar-refractivity contribution in [3.8, 4) is 40.9 Å². The molecule has 19 atom stereocenters. The first-order valence-corrected chi connectivity index (χ1v) is 33.5. The number of ether oxygens (including phenoxy) is 13. The number of amides is 1. The van der Waals surface area contributed by atoms with Crippen LogP contribution in [0.3, 0.4) is 0 Å². The number of nitrogens with one attached hydrogen (secondary N) is 2. The van der Waals surface area contributed by atoms with Gasteiger partial charge in [0.05, 0.1) is 111 Å². The average Bonchev–Trinajstić information content (AvgIpc) is 0.773. The molecule has 2 aliphatic carbocycles. The topological polar surface area (TPSA) is 326 Å². The normalized spacial score (nSPS) is 34.4. The molecular weight excluding hydrogens is 1350 g/mol. The van der Waals surface area contributed by atoms with Crippen LogP contribution in [0.25, 0.3) is 0 Å². The number of likely N-dealkylation sites (N-methyl/N-ethyl adjacent to an activating group) is 1. The van der Waals surface area contributed by atoms with Gasteiger partial charge in [-0.15, -0.1) is 0 Å². The molecule has 30 heteroatoms. The molecule has 4 heterocycles. The van der Waals surface area contributed by atoms with E-state index in [0.29, 0.717) is 21.4 Å². The Balaban J connectivity index is 1.14. The molecule has 4 fully saturated rings. The van der Waals surface area contributed by atoms with Crippen molar-refractivity contribution >= 4 is 78.9 Å². The van der Waals surface area contributed by atoms with Gasteiger partial charge in [0, 0.05) is 49.2 Å². The maximum absolute atomic E-state index is 14.5.